The molecule has 20 nitrogen and oxygen atoms in total. The summed E-state index contributed by atoms with van der Waals surface area (Å²) >= 11 is 20.5. The molecule has 5 N–H and O–H groups in total. The number of carbonyl (C=O) groups is 3. The quantitative estimate of drug-likeness (QED) is 0.0447. The van der Waals surface area contributed by atoms with Crippen LogP contribution >= 0.6 is 57.4 Å². The molecule has 36 heteroatoms. The van der Waals surface area contributed by atoms with E-state index in [9.17, 15) is 70.7 Å². The molecule has 580 valence electrons. The number of amides is 1. The van der Waals surface area contributed by atoms with E-state index in [2.05, 4.69) is 52.8 Å². The third-order valence-corrected chi connectivity index (χ3v) is 22.2. The Labute approximate surface area is 662 Å². The number of carboxylic acid groups (broad SMARTS) is 2. The Bertz CT molecular complexity index is 5840. The minimum Gasteiger partial charge on any atom is -0.481 e. The van der Waals surface area contributed by atoms with Crippen LogP contribution in [-0.4, -0.2) is 96.1 Å². The number of aliphatic carboxylic acids is 2. The number of fused-ring (bicyclic) bond motifs is 3. The largest absolute Gasteiger partial charge is 0.494 e. The first-order valence-corrected chi connectivity index (χ1v) is 37.9. The molecular weight excluding hydrogens is 1690 g/mol. The predicted octanol–water partition coefficient (Wildman–Crippen LogP) is 16.9. The van der Waals surface area contributed by atoms with E-state index in [-0.39, 0.29) is 66.9 Å². The number of aromatic nitrogens is 7. The zero-order valence-electron chi connectivity index (χ0n) is 58.5. The first-order chi connectivity index (χ1) is 52.6. The Morgan fingerprint density at radius 1 is 0.554 bits per heavy atom. The number of carboxylic acids is 2. The highest BCUT2D eigenvalue weighted by molar-refractivity contribution is 14.1. The second-order valence-electron chi connectivity index (χ2n) is 25.6. The van der Waals surface area contributed by atoms with Crippen molar-refractivity contribution in [3.63, 3.8) is 0 Å². The Morgan fingerprint density at radius 3 is 1.49 bits per heavy atom. The number of rotatable bonds is 14. The molecule has 112 heavy (non-hydrogen) atoms. The number of nitrogens with one attached hydrogen (secondary N) is 1. The van der Waals surface area contributed by atoms with E-state index in [0.29, 0.717) is 55.6 Å². The van der Waals surface area contributed by atoms with Crippen LogP contribution in [0.4, 0.5) is 51.1 Å². The van der Waals surface area contributed by atoms with Crippen molar-refractivity contribution in [2.75, 3.05) is 11.1 Å². The average Bonchev–Trinajstić information content (AvgIpc) is 1.60. The molecule has 0 spiro atoms. The lowest BCUT2D eigenvalue weighted by Crippen LogP contribution is -2.41. The molecule has 1 saturated heterocycles. The maximum atomic E-state index is 14.6. The van der Waals surface area contributed by atoms with E-state index in [1.165, 1.54) is 72.9 Å². The molecule has 1 amide bonds. The number of nitrogen functional groups attached to an aromatic ring is 1. The maximum Gasteiger partial charge on any atom is 0.494 e. The van der Waals surface area contributed by atoms with E-state index in [1.54, 1.807) is 79.1 Å². The van der Waals surface area contributed by atoms with Gasteiger partial charge in [0.1, 0.15) is 39.4 Å². The molecule has 0 unspecified atom stereocenters. The lowest BCUT2D eigenvalue weighted by atomic mass is 9.78. The predicted molar refractivity (Wildman–Crippen MR) is 413 cm³/mol. The van der Waals surface area contributed by atoms with E-state index in [0.717, 1.165) is 59.4 Å². The molecule has 7 aromatic heterocycles. The van der Waals surface area contributed by atoms with Crippen molar-refractivity contribution in [1.82, 2.24) is 32.9 Å². The van der Waals surface area contributed by atoms with Gasteiger partial charge >= 0.3 is 31.4 Å². The van der Waals surface area contributed by atoms with E-state index >= 15 is 0 Å². The van der Waals surface area contributed by atoms with Crippen LogP contribution in [-0.2, 0) is 81.8 Å². The number of anilines is 2. The standard InChI is InChI=1S/C22H14ClF4N3O.C21H14ClFN2O4S.C14H18BFO4.C13H8ClIN2O2S.C6H5F3N2/c23-17-6-14-5-15(11-29-19(14)10-17)12-1-2-13(18(24)7-12)8-21(31)30-20-9-16(3-4-28-20)22(25,26)27;22-19-10-15-8-16(13-6-7-14(11-20(26)27)18(23)9-13)12-24-21(15)25(19)30(28,29)17-4-2-1-3-5-17;1-13(2)14(3,4)20-15(19-13)10-6-5-9(7-12(17)18)11(16)8-10;14-12-7-9-6-10(15)8-16-13(9)17(12)20(18,19)11-4-2-1-3-5-11;7-6(8,9)4-1-2-11-5(10)3-4/h1-7,9,11H,8,10H2,(H,28,30,31);1-10,12H,11H2,(H,26,27);5-6,8H,7H2,1-4H3,(H,17,18);1-8H;1-3H,(H2,10,11). The van der Waals surface area contributed by atoms with Gasteiger partial charge in [-0.3, -0.25) is 19.4 Å². The molecular formula is C76H59BCl3F9IN9O11S2. The van der Waals surface area contributed by atoms with Crippen LogP contribution in [0, 0.1) is 21.0 Å². The Hall–Kier alpha value is -10.3. The smallest absolute Gasteiger partial charge is 0.481 e. The molecule has 1 aliphatic heterocycles. The lowest BCUT2D eigenvalue weighted by Gasteiger charge is -2.32. The van der Waals surface area contributed by atoms with E-state index in [4.69, 9.17) is 60.1 Å². The highest BCUT2D eigenvalue weighted by atomic mass is 127. The molecule has 0 radical (unpaired) electrons. The molecule has 0 bridgehead atoms. The summed E-state index contributed by atoms with van der Waals surface area (Å²) in [7, 11) is -8.34. The Balaban J connectivity index is 0.000000154. The normalized spacial score (nSPS) is 13.6. The van der Waals surface area contributed by atoms with Gasteiger partial charge in [-0.1, -0.05) is 108 Å². The number of hydrogen-bond acceptors (Lipinski definition) is 15. The van der Waals surface area contributed by atoms with Gasteiger partial charge in [-0.05, 0) is 192 Å². The molecule has 14 rings (SSSR count). The lowest BCUT2D eigenvalue weighted by molar-refractivity contribution is -0.138. The topological polar surface area (TPSA) is 291 Å². The molecule has 2 aliphatic rings. The van der Waals surface area contributed by atoms with Gasteiger partial charge in [0, 0.05) is 67.9 Å². The fourth-order valence-electron chi connectivity index (χ4n) is 10.9. The zero-order chi connectivity index (χ0) is 81.6. The number of allylic oxidation sites excluding steroid dienone is 1. The summed E-state index contributed by atoms with van der Waals surface area (Å²) in [5, 5.41) is 21.7. The minimum atomic E-state index is -4.56. The van der Waals surface area contributed by atoms with Gasteiger partial charge in [0.25, 0.3) is 20.0 Å². The second kappa shape index (κ2) is 34.4. The molecule has 8 heterocycles. The summed E-state index contributed by atoms with van der Waals surface area (Å²) < 4.78 is 183. The minimum absolute atomic E-state index is 0.0264. The van der Waals surface area contributed by atoms with Crippen LogP contribution in [0.15, 0.2) is 216 Å². The fourth-order valence-corrected chi connectivity index (χ4v) is 15.3. The Kier molecular flexibility index (Phi) is 25.8. The molecule has 0 atom stereocenters. The number of pyridine rings is 5. The molecule has 12 aromatic rings. The first-order valence-electron chi connectivity index (χ1n) is 32.8. The maximum absolute atomic E-state index is 14.6. The van der Waals surface area contributed by atoms with E-state index < -0.39 is 104 Å². The number of nitrogens with zero attached hydrogens (tertiary/aromatic N) is 7. The SMILES string of the molecule is CC1(C)OB(c2ccc(CC(=O)O)c(F)c2)OC1(C)C.Nc1cc(C(F)(F)F)ccn1.O=C(Cc1ccc(-c2cnc3c(c2)C=C(Cl)C3)cc1F)Nc1cc(C(F)(F)F)ccn1.O=C(O)Cc1ccc(-c2cnc3c(c2)cc(Cl)n3S(=O)(=O)c2ccccc2)cc1F.O=S(=O)(c1ccccc1)n1c(Cl)cc2cc(I)cnc21. The average molecular weight is 1750 g/mol. The van der Waals surface area contributed by atoms with Crippen LogP contribution in [0.25, 0.3) is 50.4 Å². The zero-order valence-corrected chi connectivity index (χ0v) is 64.6. The van der Waals surface area contributed by atoms with Crippen molar-refractivity contribution in [3.8, 4) is 22.3 Å². The van der Waals surface area contributed by atoms with Gasteiger partial charge in [0.05, 0.1) is 57.1 Å². The van der Waals surface area contributed by atoms with Crippen LogP contribution in [0.5, 0.6) is 0 Å². The monoisotopic (exact) mass is 1750 g/mol. The molecule has 1 aliphatic carbocycles. The van der Waals surface area contributed by atoms with Crippen LogP contribution < -0.4 is 16.5 Å². The number of nitrogens with two attached hydrogens (primary N) is 1. The van der Waals surface area contributed by atoms with E-state index in [1.807, 2.05) is 45.9 Å². The summed E-state index contributed by atoms with van der Waals surface area (Å²) in [6.07, 6.45) is -1.00. The molecule has 0 saturated carbocycles. The summed E-state index contributed by atoms with van der Waals surface area (Å²) in [6.45, 7) is 7.68. The van der Waals surface area contributed by atoms with Gasteiger partial charge < -0.3 is 30.6 Å². The van der Waals surface area contributed by atoms with Crippen LogP contribution in [0.3, 0.4) is 0 Å². The van der Waals surface area contributed by atoms with Gasteiger partial charge in [-0.25, -0.2) is 57.9 Å². The van der Waals surface area contributed by atoms with Gasteiger partial charge in [-0.2, -0.15) is 26.3 Å². The third-order valence-electron chi connectivity index (χ3n) is 17.2. The van der Waals surface area contributed by atoms with Crippen molar-refractivity contribution in [3.05, 3.63) is 276 Å². The number of alkyl halides is 6. The second-order valence-corrected chi connectivity index (χ2v) is 31.7. The summed E-state index contributed by atoms with van der Waals surface area (Å²) in [5.74, 6) is -5.06. The van der Waals surface area contributed by atoms with Crippen molar-refractivity contribution < 1.29 is 90.3 Å². The van der Waals surface area contributed by atoms with Gasteiger partial charge in [0.2, 0.25) is 5.91 Å². The summed E-state index contributed by atoms with van der Waals surface area (Å²) in [5.41, 5.74) is 7.72. The number of halogens is 13. The summed E-state index contributed by atoms with van der Waals surface area (Å²) in [6, 6.07) is 40.6. The van der Waals surface area contributed by atoms with Crippen LogP contribution in [0.2, 0.25) is 10.3 Å². The highest BCUT2D eigenvalue weighted by Crippen LogP contribution is 2.39. The fraction of sp³-hybridized carbons (Fsp3) is 0.158. The molecule has 5 aromatic carbocycles. The van der Waals surface area contributed by atoms with Gasteiger partial charge in [0.15, 0.2) is 11.3 Å². The highest BCUT2D eigenvalue weighted by Gasteiger charge is 2.52. The van der Waals surface area contributed by atoms with Crippen LogP contribution in [0.1, 0.15) is 66.8 Å². The first kappa shape index (κ1) is 84.2. The number of carbonyl (C=O) groups excluding carboxylic acids is 1. The van der Waals surface area contributed by atoms with Crippen molar-refractivity contribution in [1.29, 1.82) is 0 Å². The van der Waals surface area contributed by atoms with Crippen molar-refractivity contribution >= 4 is 148 Å². The summed E-state index contributed by atoms with van der Waals surface area (Å²) in [4.78, 5) is 53.8. The molecule has 1 fully saturated rings. The Morgan fingerprint density at radius 2 is 1.01 bits per heavy atom. The van der Waals surface area contributed by atoms with Gasteiger partial charge in [-0.15, -0.1) is 0 Å². The number of hydrogen-bond donors (Lipinski definition) is 4. The number of benzene rings is 5. The van der Waals surface area contributed by atoms with Crippen molar-refractivity contribution in [2.45, 2.75) is 86.7 Å². The van der Waals surface area contributed by atoms with Crippen molar-refractivity contribution in [2.24, 2.45) is 0 Å². The third kappa shape index (κ3) is 20.3.